The maximum atomic E-state index is 5.88. The zero-order valence-corrected chi connectivity index (χ0v) is 12.9. The Kier molecular flexibility index (Phi) is 4.19. The monoisotopic (exact) mass is 260 g/mol. The van der Waals surface area contributed by atoms with Crippen LogP contribution in [0.1, 0.15) is 44.7 Å². The van der Waals surface area contributed by atoms with Gasteiger partial charge in [-0.1, -0.05) is 26.0 Å². The molecule has 1 heterocycles. The third-order valence-electron chi connectivity index (χ3n) is 4.06. The topological polar surface area (TPSA) is 29.3 Å². The van der Waals surface area contributed by atoms with Crippen molar-refractivity contribution in [2.24, 2.45) is 11.1 Å². The van der Waals surface area contributed by atoms with E-state index in [0.29, 0.717) is 5.41 Å². The van der Waals surface area contributed by atoms with E-state index in [-0.39, 0.29) is 6.04 Å². The first kappa shape index (κ1) is 14.4. The normalized spacial score (nSPS) is 20.4. The van der Waals surface area contributed by atoms with E-state index in [1.54, 1.807) is 0 Å². The zero-order valence-electron chi connectivity index (χ0n) is 12.9. The Morgan fingerprint density at radius 2 is 2.11 bits per heavy atom. The fraction of sp³-hybridized carbons (Fsp3) is 0.647. The lowest BCUT2D eigenvalue weighted by atomic mass is 9.84. The SMILES string of the molecule is Cc1cc(CC(C)N)ccc1N1CCCC(C)(C)C1. The van der Waals surface area contributed by atoms with E-state index in [4.69, 9.17) is 5.73 Å². The molecule has 0 radical (unpaired) electrons. The summed E-state index contributed by atoms with van der Waals surface area (Å²) in [4.78, 5) is 2.55. The predicted molar refractivity (Wildman–Crippen MR) is 83.8 cm³/mol. The van der Waals surface area contributed by atoms with Crippen molar-refractivity contribution in [3.05, 3.63) is 29.3 Å². The van der Waals surface area contributed by atoms with Crippen LogP contribution in [-0.4, -0.2) is 19.1 Å². The zero-order chi connectivity index (χ0) is 14.0. The smallest absolute Gasteiger partial charge is 0.0396 e. The van der Waals surface area contributed by atoms with Crippen LogP contribution in [0, 0.1) is 12.3 Å². The summed E-state index contributed by atoms with van der Waals surface area (Å²) < 4.78 is 0. The van der Waals surface area contributed by atoms with Gasteiger partial charge in [-0.15, -0.1) is 0 Å². The number of hydrogen-bond acceptors (Lipinski definition) is 2. The van der Waals surface area contributed by atoms with Gasteiger partial charge in [-0.05, 0) is 55.7 Å². The van der Waals surface area contributed by atoms with Gasteiger partial charge < -0.3 is 10.6 Å². The standard InChI is InChI=1S/C17H28N2/c1-13-10-15(11-14(2)18)6-7-16(13)19-9-5-8-17(3,4)12-19/h6-7,10,14H,5,8-9,11-12,18H2,1-4H3. The summed E-state index contributed by atoms with van der Waals surface area (Å²) in [5.74, 6) is 0. The predicted octanol–water partition coefficient (Wildman–Crippen LogP) is 3.51. The Labute approximate surface area is 118 Å². The average molecular weight is 260 g/mol. The first-order valence-corrected chi connectivity index (χ1v) is 7.47. The van der Waals surface area contributed by atoms with Crippen LogP contribution in [-0.2, 0) is 6.42 Å². The highest BCUT2D eigenvalue weighted by Crippen LogP contribution is 2.33. The second kappa shape index (κ2) is 5.54. The molecule has 2 rings (SSSR count). The Morgan fingerprint density at radius 3 is 2.68 bits per heavy atom. The highest BCUT2D eigenvalue weighted by molar-refractivity contribution is 5.55. The number of hydrogen-bond donors (Lipinski definition) is 1. The second-order valence-corrected chi connectivity index (χ2v) is 6.99. The van der Waals surface area contributed by atoms with Crippen molar-refractivity contribution in [1.82, 2.24) is 0 Å². The molecular formula is C17H28N2. The van der Waals surface area contributed by atoms with E-state index in [2.05, 4.69) is 50.8 Å². The summed E-state index contributed by atoms with van der Waals surface area (Å²) in [5, 5.41) is 0. The van der Waals surface area contributed by atoms with Gasteiger partial charge >= 0.3 is 0 Å². The van der Waals surface area contributed by atoms with Crippen molar-refractivity contribution in [2.45, 2.75) is 53.0 Å². The Bertz CT molecular complexity index is 435. The lowest BCUT2D eigenvalue weighted by Gasteiger charge is -2.40. The van der Waals surface area contributed by atoms with Crippen LogP contribution in [0.3, 0.4) is 0 Å². The summed E-state index contributed by atoms with van der Waals surface area (Å²) in [7, 11) is 0. The molecule has 19 heavy (non-hydrogen) atoms. The van der Waals surface area contributed by atoms with Gasteiger partial charge in [-0.3, -0.25) is 0 Å². The summed E-state index contributed by atoms with van der Waals surface area (Å²) in [6.45, 7) is 11.4. The molecule has 1 atom stereocenters. The van der Waals surface area contributed by atoms with Crippen LogP contribution < -0.4 is 10.6 Å². The Balaban J connectivity index is 2.16. The van der Waals surface area contributed by atoms with Crippen molar-refractivity contribution < 1.29 is 0 Å². The second-order valence-electron chi connectivity index (χ2n) is 6.99. The number of rotatable bonds is 3. The fourth-order valence-electron chi connectivity index (χ4n) is 3.20. The molecule has 2 N–H and O–H groups in total. The number of aryl methyl sites for hydroxylation is 1. The molecule has 1 unspecified atom stereocenters. The van der Waals surface area contributed by atoms with Crippen LogP contribution in [0.2, 0.25) is 0 Å². The van der Waals surface area contributed by atoms with Crippen molar-refractivity contribution in [1.29, 1.82) is 0 Å². The molecular weight excluding hydrogens is 232 g/mol. The third kappa shape index (κ3) is 3.73. The quantitative estimate of drug-likeness (QED) is 0.901. The molecule has 1 aromatic rings. The minimum absolute atomic E-state index is 0.235. The van der Waals surface area contributed by atoms with Gasteiger partial charge in [0.05, 0.1) is 0 Å². The molecule has 1 fully saturated rings. The third-order valence-corrected chi connectivity index (χ3v) is 4.06. The molecule has 1 aliphatic heterocycles. The van der Waals surface area contributed by atoms with Gasteiger partial charge in [0, 0.05) is 24.8 Å². The molecule has 0 aromatic heterocycles. The number of nitrogens with zero attached hydrogens (tertiary/aromatic N) is 1. The Morgan fingerprint density at radius 1 is 1.37 bits per heavy atom. The van der Waals surface area contributed by atoms with Gasteiger partial charge in [-0.2, -0.15) is 0 Å². The van der Waals surface area contributed by atoms with E-state index in [1.165, 1.54) is 42.7 Å². The molecule has 2 nitrogen and oxygen atoms in total. The summed E-state index contributed by atoms with van der Waals surface area (Å²) in [6.07, 6.45) is 3.60. The van der Waals surface area contributed by atoms with Gasteiger partial charge in [-0.25, -0.2) is 0 Å². The molecule has 1 saturated heterocycles. The number of nitrogens with two attached hydrogens (primary N) is 1. The maximum absolute atomic E-state index is 5.88. The average Bonchev–Trinajstić information content (AvgIpc) is 2.26. The first-order chi connectivity index (χ1) is 8.87. The summed E-state index contributed by atoms with van der Waals surface area (Å²) in [5.41, 5.74) is 10.5. The van der Waals surface area contributed by atoms with Crippen LogP contribution in [0.15, 0.2) is 18.2 Å². The molecule has 0 aliphatic carbocycles. The fourth-order valence-corrected chi connectivity index (χ4v) is 3.20. The van der Waals surface area contributed by atoms with E-state index in [1.807, 2.05) is 0 Å². The molecule has 0 spiro atoms. The van der Waals surface area contributed by atoms with Crippen molar-refractivity contribution in [3.63, 3.8) is 0 Å². The molecule has 0 bridgehead atoms. The minimum Gasteiger partial charge on any atom is -0.371 e. The highest BCUT2D eigenvalue weighted by atomic mass is 15.1. The Hall–Kier alpha value is -1.02. The first-order valence-electron chi connectivity index (χ1n) is 7.47. The minimum atomic E-state index is 0.235. The van der Waals surface area contributed by atoms with Gasteiger partial charge in [0.1, 0.15) is 0 Å². The largest absolute Gasteiger partial charge is 0.371 e. The van der Waals surface area contributed by atoms with E-state index in [0.717, 1.165) is 6.42 Å². The van der Waals surface area contributed by atoms with E-state index < -0.39 is 0 Å². The maximum Gasteiger partial charge on any atom is 0.0396 e. The lowest BCUT2D eigenvalue weighted by molar-refractivity contribution is 0.293. The molecule has 0 saturated carbocycles. The number of anilines is 1. The van der Waals surface area contributed by atoms with Crippen molar-refractivity contribution >= 4 is 5.69 Å². The molecule has 1 aromatic carbocycles. The summed E-state index contributed by atoms with van der Waals surface area (Å²) in [6, 6.07) is 7.07. The number of benzene rings is 1. The van der Waals surface area contributed by atoms with Gasteiger partial charge in [0.15, 0.2) is 0 Å². The van der Waals surface area contributed by atoms with Crippen molar-refractivity contribution in [2.75, 3.05) is 18.0 Å². The van der Waals surface area contributed by atoms with Crippen LogP contribution >= 0.6 is 0 Å². The van der Waals surface area contributed by atoms with E-state index >= 15 is 0 Å². The van der Waals surface area contributed by atoms with Crippen molar-refractivity contribution in [3.8, 4) is 0 Å². The molecule has 1 aliphatic rings. The summed E-state index contributed by atoms with van der Waals surface area (Å²) >= 11 is 0. The number of piperidine rings is 1. The highest BCUT2D eigenvalue weighted by Gasteiger charge is 2.27. The lowest BCUT2D eigenvalue weighted by Crippen LogP contribution is -2.40. The molecule has 106 valence electrons. The van der Waals surface area contributed by atoms with E-state index in [9.17, 15) is 0 Å². The van der Waals surface area contributed by atoms with Gasteiger partial charge in [0.25, 0.3) is 0 Å². The van der Waals surface area contributed by atoms with Gasteiger partial charge in [0.2, 0.25) is 0 Å². The van der Waals surface area contributed by atoms with Crippen LogP contribution in [0.4, 0.5) is 5.69 Å². The molecule has 0 amide bonds. The van der Waals surface area contributed by atoms with Crippen LogP contribution in [0.5, 0.6) is 0 Å². The van der Waals surface area contributed by atoms with Crippen LogP contribution in [0.25, 0.3) is 0 Å². The molecule has 2 heteroatoms.